The Kier molecular flexibility index (Phi) is 8.07. The summed E-state index contributed by atoms with van der Waals surface area (Å²) < 4.78 is 18.2. The van der Waals surface area contributed by atoms with E-state index < -0.39 is 0 Å². The molecule has 0 amide bonds. The monoisotopic (exact) mass is 382 g/mol. The van der Waals surface area contributed by atoms with Gasteiger partial charge in [-0.1, -0.05) is 32.9 Å². The van der Waals surface area contributed by atoms with E-state index in [1.165, 1.54) is 17.7 Å². The summed E-state index contributed by atoms with van der Waals surface area (Å²) in [6, 6.07) is 14.3. The van der Waals surface area contributed by atoms with E-state index in [9.17, 15) is 4.39 Å². The first kappa shape index (κ1) is 20.8. The minimum atomic E-state index is -0.243. The van der Waals surface area contributed by atoms with Crippen molar-refractivity contribution in [2.24, 2.45) is 10.4 Å². The van der Waals surface area contributed by atoms with Gasteiger partial charge in [0.2, 0.25) is 0 Å². The van der Waals surface area contributed by atoms with Crippen LogP contribution in [0.4, 0.5) is 10.1 Å². The van der Waals surface area contributed by atoms with E-state index in [2.05, 4.69) is 32.9 Å². The molecule has 0 aliphatic rings. The van der Waals surface area contributed by atoms with E-state index >= 15 is 0 Å². The Morgan fingerprint density at radius 1 is 1.04 bits per heavy atom. The molecule has 2 nitrogen and oxygen atoms in total. The molecule has 2 rings (SSSR count). The maximum Gasteiger partial charge on any atom is 0.123 e. The van der Waals surface area contributed by atoms with E-state index in [1.807, 2.05) is 12.1 Å². The van der Waals surface area contributed by atoms with Crippen molar-refractivity contribution in [3.05, 3.63) is 59.9 Å². The van der Waals surface area contributed by atoms with Crippen LogP contribution in [0.3, 0.4) is 0 Å². The largest absolute Gasteiger partial charge is 0.497 e. The summed E-state index contributed by atoms with van der Waals surface area (Å²) in [5.74, 6) is 1.45. The van der Waals surface area contributed by atoms with Gasteiger partial charge in [-0.25, -0.2) is 9.38 Å². The van der Waals surface area contributed by atoms with Crippen molar-refractivity contribution in [1.29, 1.82) is 0 Å². The third-order valence-corrected chi connectivity index (χ3v) is 4.69. The molecule has 0 saturated heterocycles. The molecule has 1 radical (unpaired) electrons. The van der Waals surface area contributed by atoms with Crippen molar-refractivity contribution in [1.82, 2.24) is 0 Å². The topological polar surface area (TPSA) is 21.6 Å². The zero-order valence-electron chi connectivity index (χ0n) is 14.4. The van der Waals surface area contributed by atoms with Gasteiger partial charge in [-0.3, -0.25) is 0 Å². The Morgan fingerprint density at radius 2 is 1.62 bits per heavy atom. The van der Waals surface area contributed by atoms with Crippen LogP contribution >= 0.6 is 11.8 Å². The van der Waals surface area contributed by atoms with Crippen molar-refractivity contribution >= 4 is 22.5 Å². The number of halogens is 1. The fourth-order valence-corrected chi connectivity index (χ4v) is 3.02. The molecule has 0 N–H and O–H groups in total. The van der Waals surface area contributed by atoms with Gasteiger partial charge in [0.05, 0.1) is 17.8 Å². The van der Waals surface area contributed by atoms with Gasteiger partial charge in [0.25, 0.3) is 0 Å². The minimum Gasteiger partial charge on any atom is -0.497 e. The summed E-state index contributed by atoms with van der Waals surface area (Å²) in [6.07, 6.45) is 0. The standard InChI is InChI=1S/C19H22FNOS.V/c1-19(2,3)18(21-16-9-7-15(20)8-10-16)23-13-14-5-11-17(22-4)12-6-14;/h5-12H,13H2,1-4H3;. The Hall–Kier alpha value is -1.23. The second kappa shape index (κ2) is 9.31. The SMILES string of the molecule is COc1ccc(CSC(=Nc2ccc(F)cc2)C(C)(C)C)cc1.[V]. The van der Waals surface area contributed by atoms with Crippen LogP contribution in [-0.4, -0.2) is 12.2 Å². The van der Waals surface area contributed by atoms with Crippen LogP contribution in [0.15, 0.2) is 53.5 Å². The van der Waals surface area contributed by atoms with Crippen LogP contribution in [0.2, 0.25) is 0 Å². The summed E-state index contributed by atoms with van der Waals surface area (Å²) in [4.78, 5) is 4.71. The fourth-order valence-electron chi connectivity index (χ4n) is 1.92. The van der Waals surface area contributed by atoms with Gasteiger partial charge < -0.3 is 4.74 Å². The Balaban J connectivity index is 0.00000288. The molecule has 0 aromatic heterocycles. The molecule has 0 fully saturated rings. The van der Waals surface area contributed by atoms with Gasteiger partial charge in [-0.2, -0.15) is 0 Å². The van der Waals surface area contributed by atoms with Crippen molar-refractivity contribution in [2.75, 3.05) is 7.11 Å². The fraction of sp³-hybridized carbons (Fsp3) is 0.316. The molecule has 0 spiro atoms. The molecule has 0 heterocycles. The van der Waals surface area contributed by atoms with Crippen LogP contribution < -0.4 is 4.74 Å². The van der Waals surface area contributed by atoms with Gasteiger partial charge in [-0.05, 0) is 42.0 Å². The van der Waals surface area contributed by atoms with Gasteiger partial charge in [0, 0.05) is 29.7 Å². The minimum absolute atomic E-state index is 0. The Morgan fingerprint density at radius 3 is 2.12 bits per heavy atom. The smallest absolute Gasteiger partial charge is 0.123 e. The van der Waals surface area contributed by atoms with E-state index in [0.29, 0.717) is 0 Å². The van der Waals surface area contributed by atoms with Gasteiger partial charge >= 0.3 is 0 Å². The van der Waals surface area contributed by atoms with Crippen molar-refractivity contribution in [3.8, 4) is 5.75 Å². The summed E-state index contributed by atoms with van der Waals surface area (Å²) in [6.45, 7) is 6.41. The molecule has 0 unspecified atom stereocenters. The van der Waals surface area contributed by atoms with Crippen LogP contribution in [0, 0.1) is 11.2 Å². The second-order valence-corrected chi connectivity index (χ2v) is 7.24. The molecule has 2 aromatic rings. The second-order valence-electron chi connectivity index (χ2n) is 6.28. The average molecular weight is 382 g/mol. The number of thioether (sulfide) groups is 1. The maximum atomic E-state index is 13.0. The van der Waals surface area contributed by atoms with Crippen molar-refractivity contribution in [2.45, 2.75) is 26.5 Å². The van der Waals surface area contributed by atoms with E-state index in [4.69, 9.17) is 9.73 Å². The number of hydrogen-bond donors (Lipinski definition) is 0. The maximum absolute atomic E-state index is 13.0. The van der Waals surface area contributed by atoms with Crippen LogP contribution in [0.5, 0.6) is 5.75 Å². The number of rotatable bonds is 4. The average Bonchev–Trinajstić information content (AvgIpc) is 2.52. The number of hydrogen-bond acceptors (Lipinski definition) is 3. The van der Waals surface area contributed by atoms with Crippen molar-refractivity contribution in [3.63, 3.8) is 0 Å². The zero-order valence-corrected chi connectivity index (χ0v) is 16.6. The summed E-state index contributed by atoms with van der Waals surface area (Å²) in [5.41, 5.74) is 1.93. The number of ether oxygens (including phenoxy) is 1. The Bertz CT molecular complexity index is 663. The quantitative estimate of drug-likeness (QED) is 0.489. The first-order chi connectivity index (χ1) is 10.9. The predicted molar refractivity (Wildman–Crippen MR) is 97.2 cm³/mol. The summed E-state index contributed by atoms with van der Waals surface area (Å²) >= 11 is 1.71. The molecular formula is C19H22FNOSV. The van der Waals surface area contributed by atoms with Gasteiger partial charge in [0.1, 0.15) is 11.6 Å². The molecule has 0 aliphatic carbocycles. The molecule has 127 valence electrons. The van der Waals surface area contributed by atoms with Gasteiger partial charge in [-0.15, -0.1) is 11.8 Å². The normalized spacial score (nSPS) is 11.8. The van der Waals surface area contributed by atoms with Crippen molar-refractivity contribution < 1.29 is 27.7 Å². The molecule has 2 aromatic carbocycles. The third-order valence-electron chi connectivity index (χ3n) is 3.23. The van der Waals surface area contributed by atoms with E-state index in [-0.39, 0.29) is 29.8 Å². The third kappa shape index (κ3) is 6.35. The molecule has 5 heteroatoms. The van der Waals surface area contributed by atoms with Crippen LogP contribution in [-0.2, 0) is 24.3 Å². The first-order valence-electron chi connectivity index (χ1n) is 7.49. The first-order valence-corrected chi connectivity index (χ1v) is 8.47. The number of methoxy groups -OCH3 is 1. The molecule has 24 heavy (non-hydrogen) atoms. The summed E-state index contributed by atoms with van der Waals surface area (Å²) in [5, 5.41) is 1.03. The molecule has 0 saturated carbocycles. The number of nitrogens with zero attached hydrogens (tertiary/aromatic N) is 1. The molecular weight excluding hydrogens is 360 g/mol. The Labute approximate surface area is 159 Å². The van der Waals surface area contributed by atoms with Gasteiger partial charge in [0.15, 0.2) is 0 Å². The zero-order chi connectivity index (χ0) is 16.9. The van der Waals surface area contributed by atoms with E-state index in [1.54, 1.807) is 31.0 Å². The summed E-state index contributed by atoms with van der Waals surface area (Å²) in [7, 11) is 1.66. The van der Waals surface area contributed by atoms with Crippen LogP contribution in [0.1, 0.15) is 26.3 Å². The van der Waals surface area contributed by atoms with E-state index in [0.717, 1.165) is 22.2 Å². The molecule has 0 aliphatic heterocycles. The molecule has 0 bridgehead atoms. The number of aliphatic imine (C=N–C) groups is 1. The predicted octanol–water partition coefficient (Wildman–Crippen LogP) is 5.84. The molecule has 0 atom stereocenters. The number of benzene rings is 2. The van der Waals surface area contributed by atoms with Crippen LogP contribution in [0.25, 0.3) is 0 Å².